The molecule has 0 unspecified atom stereocenters. The van der Waals surface area contributed by atoms with Gasteiger partial charge in [-0.25, -0.2) is 9.67 Å². The van der Waals surface area contributed by atoms with E-state index in [-0.39, 0.29) is 5.56 Å². The number of aldehydes is 1. The molecule has 0 aliphatic carbocycles. The molecule has 1 N–H and O–H groups in total. The standard InChI is InChI=1S/C13H9N3O2/c17-8-9-6-7-11-12(14-9)15-16(13(11)18)10-4-2-1-3-5-10/h1-8H,(H,14,15). The van der Waals surface area contributed by atoms with Crippen molar-refractivity contribution in [3.8, 4) is 5.69 Å². The van der Waals surface area contributed by atoms with Crippen LogP contribution in [0.2, 0.25) is 0 Å². The van der Waals surface area contributed by atoms with E-state index in [1.807, 2.05) is 30.3 Å². The monoisotopic (exact) mass is 239 g/mol. The number of carbonyl (C=O) groups is 1. The normalized spacial score (nSPS) is 10.7. The van der Waals surface area contributed by atoms with Gasteiger partial charge in [-0.2, -0.15) is 0 Å². The maximum atomic E-state index is 12.1. The van der Waals surface area contributed by atoms with Gasteiger partial charge in [0.2, 0.25) is 0 Å². The van der Waals surface area contributed by atoms with Crippen molar-refractivity contribution in [3.05, 3.63) is 58.5 Å². The second-order valence-corrected chi connectivity index (χ2v) is 3.84. The lowest BCUT2D eigenvalue weighted by atomic mass is 10.3. The second-order valence-electron chi connectivity index (χ2n) is 3.84. The molecule has 0 amide bonds. The van der Waals surface area contributed by atoms with Crippen LogP contribution in [-0.2, 0) is 0 Å². The molecule has 18 heavy (non-hydrogen) atoms. The molecule has 0 aliphatic heterocycles. The van der Waals surface area contributed by atoms with Gasteiger partial charge >= 0.3 is 0 Å². The number of aromatic amines is 1. The molecule has 1 aromatic carbocycles. The zero-order valence-corrected chi connectivity index (χ0v) is 9.33. The number of rotatable bonds is 2. The molecule has 3 aromatic rings. The third-order valence-electron chi connectivity index (χ3n) is 2.70. The molecule has 5 heteroatoms. The molecule has 0 spiro atoms. The number of aromatic nitrogens is 3. The van der Waals surface area contributed by atoms with Gasteiger partial charge < -0.3 is 0 Å². The number of benzene rings is 1. The molecule has 0 atom stereocenters. The summed E-state index contributed by atoms with van der Waals surface area (Å²) in [5, 5.41) is 3.35. The van der Waals surface area contributed by atoms with Crippen LogP contribution in [0.5, 0.6) is 0 Å². The van der Waals surface area contributed by atoms with Crippen LogP contribution in [-0.4, -0.2) is 21.1 Å². The molecule has 0 fully saturated rings. The summed E-state index contributed by atoms with van der Waals surface area (Å²) in [5.41, 5.74) is 1.26. The molecule has 0 radical (unpaired) electrons. The van der Waals surface area contributed by atoms with Gasteiger partial charge in [0, 0.05) is 0 Å². The van der Waals surface area contributed by atoms with Gasteiger partial charge in [0.25, 0.3) is 5.56 Å². The Labute approximate surface area is 102 Å². The fraction of sp³-hybridized carbons (Fsp3) is 0. The summed E-state index contributed by atoms with van der Waals surface area (Å²) in [6.45, 7) is 0. The van der Waals surface area contributed by atoms with Crippen LogP contribution >= 0.6 is 0 Å². The van der Waals surface area contributed by atoms with Crippen molar-refractivity contribution >= 4 is 17.3 Å². The van der Waals surface area contributed by atoms with Crippen molar-refractivity contribution in [1.29, 1.82) is 0 Å². The van der Waals surface area contributed by atoms with Gasteiger partial charge in [-0.3, -0.25) is 14.7 Å². The Kier molecular flexibility index (Phi) is 2.30. The first-order valence-electron chi connectivity index (χ1n) is 5.42. The molecule has 0 bridgehead atoms. The van der Waals surface area contributed by atoms with Crippen LogP contribution in [0.4, 0.5) is 0 Å². The zero-order valence-electron chi connectivity index (χ0n) is 9.33. The molecular formula is C13H9N3O2. The number of nitrogens with zero attached hydrogens (tertiary/aromatic N) is 2. The lowest BCUT2D eigenvalue weighted by molar-refractivity contribution is 0.111. The first-order valence-corrected chi connectivity index (χ1v) is 5.42. The van der Waals surface area contributed by atoms with Gasteiger partial charge in [-0.15, -0.1) is 0 Å². The largest absolute Gasteiger partial charge is 0.296 e. The van der Waals surface area contributed by atoms with Gasteiger partial charge in [0.05, 0.1) is 11.1 Å². The average Bonchev–Trinajstić information content (AvgIpc) is 2.76. The molecule has 2 heterocycles. The number of para-hydroxylation sites is 1. The third-order valence-corrected chi connectivity index (χ3v) is 2.70. The van der Waals surface area contributed by atoms with Gasteiger partial charge in [0.1, 0.15) is 5.69 Å². The fourth-order valence-corrected chi connectivity index (χ4v) is 1.83. The van der Waals surface area contributed by atoms with Gasteiger partial charge in [-0.05, 0) is 24.3 Å². The summed E-state index contributed by atoms with van der Waals surface area (Å²) in [6.07, 6.45) is 0.650. The number of hydrogen-bond donors (Lipinski definition) is 1. The van der Waals surface area contributed by atoms with E-state index in [9.17, 15) is 9.59 Å². The highest BCUT2D eigenvalue weighted by atomic mass is 16.1. The number of hydrogen-bond acceptors (Lipinski definition) is 3. The van der Waals surface area contributed by atoms with Crippen molar-refractivity contribution in [2.75, 3.05) is 0 Å². The maximum absolute atomic E-state index is 12.1. The first kappa shape index (κ1) is 10.5. The topological polar surface area (TPSA) is 67.8 Å². The molecule has 0 saturated carbocycles. The average molecular weight is 239 g/mol. The Morgan fingerprint density at radius 1 is 1.11 bits per heavy atom. The van der Waals surface area contributed by atoms with Crippen LogP contribution in [0, 0.1) is 0 Å². The van der Waals surface area contributed by atoms with E-state index in [0.717, 1.165) is 5.69 Å². The maximum Gasteiger partial charge on any atom is 0.280 e. The van der Waals surface area contributed by atoms with Gasteiger partial charge in [0.15, 0.2) is 11.9 Å². The Bertz CT molecular complexity index is 772. The van der Waals surface area contributed by atoms with Crippen molar-refractivity contribution in [1.82, 2.24) is 14.8 Å². The van der Waals surface area contributed by atoms with E-state index in [2.05, 4.69) is 10.1 Å². The minimum absolute atomic E-state index is 0.179. The molecule has 5 nitrogen and oxygen atoms in total. The summed E-state index contributed by atoms with van der Waals surface area (Å²) < 4.78 is 1.41. The Morgan fingerprint density at radius 3 is 2.61 bits per heavy atom. The second kappa shape index (κ2) is 3.96. The fourth-order valence-electron chi connectivity index (χ4n) is 1.83. The van der Waals surface area contributed by atoms with Crippen LogP contribution in [0.25, 0.3) is 16.7 Å². The Morgan fingerprint density at radius 2 is 1.89 bits per heavy atom. The number of fused-ring (bicyclic) bond motifs is 1. The third kappa shape index (κ3) is 1.53. The van der Waals surface area contributed by atoms with Crippen molar-refractivity contribution in [3.63, 3.8) is 0 Å². The van der Waals surface area contributed by atoms with E-state index in [0.29, 0.717) is 23.0 Å². The molecule has 88 valence electrons. The van der Waals surface area contributed by atoms with Crippen molar-refractivity contribution < 1.29 is 4.79 Å². The van der Waals surface area contributed by atoms with Crippen LogP contribution < -0.4 is 5.56 Å². The zero-order chi connectivity index (χ0) is 12.5. The quantitative estimate of drug-likeness (QED) is 0.689. The first-order chi connectivity index (χ1) is 8.79. The van der Waals surface area contributed by atoms with Crippen LogP contribution in [0.1, 0.15) is 10.5 Å². The van der Waals surface area contributed by atoms with Crippen LogP contribution in [0.3, 0.4) is 0 Å². The molecule has 3 rings (SSSR count). The lowest BCUT2D eigenvalue weighted by Crippen LogP contribution is -2.13. The molecule has 0 aliphatic rings. The van der Waals surface area contributed by atoms with Crippen molar-refractivity contribution in [2.45, 2.75) is 0 Å². The highest BCUT2D eigenvalue weighted by Gasteiger charge is 2.09. The smallest absolute Gasteiger partial charge is 0.280 e. The summed E-state index contributed by atoms with van der Waals surface area (Å²) in [4.78, 5) is 26.8. The number of H-pyrrole nitrogens is 1. The number of carbonyl (C=O) groups excluding carboxylic acids is 1. The summed E-state index contributed by atoms with van der Waals surface area (Å²) in [6, 6.07) is 12.3. The minimum atomic E-state index is -0.179. The predicted octanol–water partition coefficient (Wildman–Crippen LogP) is 1.53. The Hall–Kier alpha value is -2.69. The summed E-state index contributed by atoms with van der Waals surface area (Å²) >= 11 is 0. The number of nitrogens with one attached hydrogen (secondary N) is 1. The predicted molar refractivity (Wildman–Crippen MR) is 67.1 cm³/mol. The van der Waals surface area contributed by atoms with Crippen LogP contribution in [0.15, 0.2) is 47.3 Å². The highest BCUT2D eigenvalue weighted by Crippen LogP contribution is 2.09. The molecular weight excluding hydrogens is 230 g/mol. The molecule has 0 saturated heterocycles. The van der Waals surface area contributed by atoms with E-state index < -0.39 is 0 Å². The minimum Gasteiger partial charge on any atom is -0.296 e. The van der Waals surface area contributed by atoms with Gasteiger partial charge in [-0.1, -0.05) is 18.2 Å². The summed E-state index contributed by atoms with van der Waals surface area (Å²) in [7, 11) is 0. The summed E-state index contributed by atoms with van der Waals surface area (Å²) in [5.74, 6) is 0. The lowest BCUT2D eigenvalue weighted by Gasteiger charge is -1.98. The highest BCUT2D eigenvalue weighted by molar-refractivity contribution is 5.80. The van der Waals surface area contributed by atoms with Crippen molar-refractivity contribution in [2.24, 2.45) is 0 Å². The van der Waals surface area contributed by atoms with E-state index in [1.165, 1.54) is 10.7 Å². The Balaban J connectivity index is 2.29. The van der Waals surface area contributed by atoms with E-state index in [1.54, 1.807) is 6.07 Å². The van der Waals surface area contributed by atoms with E-state index >= 15 is 0 Å². The van der Waals surface area contributed by atoms with E-state index in [4.69, 9.17) is 0 Å². The molecule has 2 aromatic heterocycles. The SMILES string of the molecule is O=Cc1ccc2c(=O)n(-c3ccccc3)[nH]c2n1. The number of pyridine rings is 1.